The Bertz CT molecular complexity index is 750. The monoisotopic (exact) mass is 407 g/mol. The van der Waals surface area contributed by atoms with Crippen LogP contribution in [0.4, 0.5) is 5.69 Å². The van der Waals surface area contributed by atoms with Crippen molar-refractivity contribution in [2.24, 2.45) is 5.92 Å². The number of likely N-dealkylation sites (tertiary alicyclic amines) is 1. The number of nitro benzene ring substituents is 1. The molecule has 0 spiro atoms. The van der Waals surface area contributed by atoms with Gasteiger partial charge in [0, 0.05) is 37.6 Å². The summed E-state index contributed by atoms with van der Waals surface area (Å²) in [6.07, 6.45) is 1.88. The minimum atomic E-state index is -0.473. The third-order valence-electron chi connectivity index (χ3n) is 4.37. The Labute approximate surface area is 168 Å². The molecule has 152 valence electrons. The molecule has 28 heavy (non-hydrogen) atoms. The maximum absolute atomic E-state index is 12.3. The molecule has 0 bridgehead atoms. The molecule has 0 atom stereocenters. The summed E-state index contributed by atoms with van der Waals surface area (Å²) in [5.74, 6) is 0.511. The smallest absolute Gasteiger partial charge is 0.283 e. The van der Waals surface area contributed by atoms with Crippen LogP contribution in [0.15, 0.2) is 23.1 Å². The lowest BCUT2D eigenvalue weighted by Crippen LogP contribution is -2.33. The highest BCUT2D eigenvalue weighted by Crippen LogP contribution is 2.31. The summed E-state index contributed by atoms with van der Waals surface area (Å²) < 4.78 is 0. The third kappa shape index (κ3) is 6.05. The fraction of sp³-hybridized carbons (Fsp3) is 0.526. The number of nitrogens with one attached hydrogen (secondary N) is 1. The van der Waals surface area contributed by atoms with E-state index in [1.54, 1.807) is 12.1 Å². The van der Waals surface area contributed by atoms with E-state index >= 15 is 0 Å². The molecule has 8 nitrogen and oxygen atoms in total. The summed E-state index contributed by atoms with van der Waals surface area (Å²) in [4.78, 5) is 48.0. The number of amides is 3. The zero-order chi connectivity index (χ0) is 20.7. The number of carbonyl (C=O) groups excluding carboxylic acids is 3. The molecule has 9 heteroatoms. The summed E-state index contributed by atoms with van der Waals surface area (Å²) >= 11 is 1.42. The SMILES string of the molecule is CC(C)CCSc1ccc(C(=O)NCCCN2C(=O)CCC2=O)cc1[N+](=O)[O-]. The Balaban J connectivity index is 1.89. The second-order valence-corrected chi connectivity index (χ2v) is 8.16. The molecule has 0 saturated carbocycles. The summed E-state index contributed by atoms with van der Waals surface area (Å²) in [5.41, 5.74) is 0.142. The van der Waals surface area contributed by atoms with Crippen molar-refractivity contribution in [3.8, 4) is 0 Å². The van der Waals surface area contributed by atoms with E-state index in [-0.39, 0.29) is 49.0 Å². The molecule has 0 unspecified atom stereocenters. The van der Waals surface area contributed by atoms with Crippen LogP contribution in [-0.4, -0.2) is 46.4 Å². The molecule has 1 saturated heterocycles. The third-order valence-corrected chi connectivity index (χ3v) is 5.47. The minimum absolute atomic E-state index is 0.0744. The highest BCUT2D eigenvalue weighted by Gasteiger charge is 2.28. The van der Waals surface area contributed by atoms with Gasteiger partial charge >= 0.3 is 0 Å². The molecule has 1 N–H and O–H groups in total. The molecule has 0 radical (unpaired) electrons. The van der Waals surface area contributed by atoms with E-state index in [0.29, 0.717) is 17.2 Å². The van der Waals surface area contributed by atoms with Gasteiger partial charge in [0.25, 0.3) is 11.6 Å². The van der Waals surface area contributed by atoms with E-state index < -0.39 is 10.8 Å². The van der Waals surface area contributed by atoms with Crippen LogP contribution in [0.1, 0.15) is 49.9 Å². The first-order valence-electron chi connectivity index (χ1n) is 9.32. The van der Waals surface area contributed by atoms with Gasteiger partial charge in [-0.2, -0.15) is 0 Å². The predicted octanol–water partition coefficient (Wildman–Crippen LogP) is 3.00. The van der Waals surface area contributed by atoms with E-state index in [9.17, 15) is 24.5 Å². The number of hydrogen-bond donors (Lipinski definition) is 1. The van der Waals surface area contributed by atoms with Crippen molar-refractivity contribution < 1.29 is 19.3 Å². The van der Waals surface area contributed by atoms with Gasteiger partial charge in [-0.3, -0.25) is 29.4 Å². The zero-order valence-corrected chi connectivity index (χ0v) is 16.9. The van der Waals surface area contributed by atoms with Gasteiger partial charge in [0.2, 0.25) is 11.8 Å². The molecule has 0 aromatic heterocycles. The first-order valence-corrected chi connectivity index (χ1v) is 10.3. The molecule has 1 fully saturated rings. The fourth-order valence-electron chi connectivity index (χ4n) is 2.74. The number of thioether (sulfide) groups is 1. The van der Waals surface area contributed by atoms with Gasteiger partial charge in [0.15, 0.2) is 0 Å². The number of nitro groups is 1. The topological polar surface area (TPSA) is 110 Å². The van der Waals surface area contributed by atoms with Crippen molar-refractivity contribution >= 4 is 35.2 Å². The van der Waals surface area contributed by atoms with Crippen molar-refractivity contribution in [2.45, 2.75) is 44.4 Å². The lowest BCUT2D eigenvalue weighted by atomic mass is 10.2. The molecule has 2 rings (SSSR count). The lowest BCUT2D eigenvalue weighted by molar-refractivity contribution is -0.387. The summed E-state index contributed by atoms with van der Waals surface area (Å²) in [7, 11) is 0. The second kappa shape index (κ2) is 10.2. The molecule has 1 aromatic rings. The second-order valence-electron chi connectivity index (χ2n) is 7.02. The van der Waals surface area contributed by atoms with Crippen LogP contribution in [0.5, 0.6) is 0 Å². The minimum Gasteiger partial charge on any atom is -0.352 e. The maximum atomic E-state index is 12.3. The molecule has 1 heterocycles. The number of benzene rings is 1. The molecular weight excluding hydrogens is 382 g/mol. The summed E-state index contributed by atoms with van der Waals surface area (Å²) in [6.45, 7) is 4.73. The molecule has 0 aliphatic carbocycles. The first-order chi connectivity index (χ1) is 13.3. The van der Waals surface area contributed by atoms with Crippen LogP contribution < -0.4 is 5.32 Å². The summed E-state index contributed by atoms with van der Waals surface area (Å²) in [5, 5.41) is 14.0. The number of imide groups is 1. The number of nitrogens with zero attached hydrogens (tertiary/aromatic N) is 2. The average Bonchev–Trinajstić information content (AvgIpc) is 2.96. The standard InChI is InChI=1S/C19H25N3O5S/c1-13(2)8-11-28-16-5-4-14(12-15(16)22(26)27)19(25)20-9-3-10-21-17(23)6-7-18(21)24/h4-5,12-13H,3,6-11H2,1-2H3,(H,20,25). The van der Waals surface area contributed by atoms with Crippen LogP contribution in [-0.2, 0) is 9.59 Å². The van der Waals surface area contributed by atoms with Crippen molar-refractivity contribution in [1.82, 2.24) is 10.2 Å². The predicted molar refractivity (Wildman–Crippen MR) is 106 cm³/mol. The van der Waals surface area contributed by atoms with Gasteiger partial charge in [-0.1, -0.05) is 13.8 Å². The number of rotatable bonds is 10. The molecule has 1 aromatic carbocycles. The Morgan fingerprint density at radius 1 is 1.29 bits per heavy atom. The molecule has 3 amide bonds. The molecule has 1 aliphatic rings. The van der Waals surface area contributed by atoms with Gasteiger partial charge in [-0.05, 0) is 36.6 Å². The van der Waals surface area contributed by atoms with E-state index in [1.165, 1.54) is 22.7 Å². The van der Waals surface area contributed by atoms with Gasteiger partial charge in [-0.25, -0.2) is 0 Å². The van der Waals surface area contributed by atoms with Crippen molar-refractivity contribution in [3.63, 3.8) is 0 Å². The summed E-state index contributed by atoms with van der Waals surface area (Å²) in [6, 6.07) is 4.48. The number of carbonyl (C=O) groups is 3. The maximum Gasteiger partial charge on any atom is 0.283 e. The van der Waals surface area contributed by atoms with E-state index in [0.717, 1.165) is 12.2 Å². The molecule has 1 aliphatic heterocycles. The van der Waals surface area contributed by atoms with Crippen LogP contribution in [0.25, 0.3) is 0 Å². The highest BCUT2D eigenvalue weighted by molar-refractivity contribution is 7.99. The quantitative estimate of drug-likeness (QED) is 0.210. The van der Waals surface area contributed by atoms with Crippen molar-refractivity contribution in [2.75, 3.05) is 18.8 Å². The largest absolute Gasteiger partial charge is 0.352 e. The lowest BCUT2D eigenvalue weighted by Gasteiger charge is -2.13. The van der Waals surface area contributed by atoms with Crippen LogP contribution in [0.2, 0.25) is 0 Å². The van der Waals surface area contributed by atoms with E-state index in [4.69, 9.17) is 0 Å². The van der Waals surface area contributed by atoms with Gasteiger partial charge in [0.05, 0.1) is 9.82 Å². The normalized spacial score (nSPS) is 14.0. The highest BCUT2D eigenvalue weighted by atomic mass is 32.2. The van der Waals surface area contributed by atoms with Gasteiger partial charge in [-0.15, -0.1) is 11.8 Å². The van der Waals surface area contributed by atoms with Gasteiger partial charge < -0.3 is 5.32 Å². The van der Waals surface area contributed by atoms with E-state index in [2.05, 4.69) is 19.2 Å². The van der Waals surface area contributed by atoms with E-state index in [1.807, 2.05) is 0 Å². The Kier molecular flexibility index (Phi) is 7.98. The average molecular weight is 407 g/mol. The Morgan fingerprint density at radius 2 is 1.96 bits per heavy atom. The van der Waals surface area contributed by atoms with Crippen LogP contribution in [0, 0.1) is 16.0 Å². The van der Waals surface area contributed by atoms with Crippen LogP contribution in [0.3, 0.4) is 0 Å². The van der Waals surface area contributed by atoms with Crippen LogP contribution >= 0.6 is 11.8 Å². The van der Waals surface area contributed by atoms with Gasteiger partial charge in [0.1, 0.15) is 0 Å². The first kappa shape index (κ1) is 21.9. The molecular formula is C19H25N3O5S. The fourth-order valence-corrected chi connectivity index (χ4v) is 4.00. The zero-order valence-electron chi connectivity index (χ0n) is 16.1. The number of hydrogen-bond acceptors (Lipinski definition) is 6. The van der Waals surface area contributed by atoms with Crippen molar-refractivity contribution in [1.29, 1.82) is 0 Å². The Morgan fingerprint density at radius 3 is 2.57 bits per heavy atom. The Hall–Kier alpha value is -2.42. The van der Waals surface area contributed by atoms with Crippen molar-refractivity contribution in [3.05, 3.63) is 33.9 Å².